The van der Waals surface area contributed by atoms with Crippen molar-refractivity contribution >= 4 is 11.9 Å². The first kappa shape index (κ1) is 57.6. The minimum atomic E-state index is -0.803. The standard InChI is InChI=1S/C54H97NO5/c1-4-7-10-13-16-19-22-25-26-27-29-32-35-38-41-44-47-54(59)60-50(45-42-39-36-33-30-24-21-18-15-12-9-6-3)48-53(58)55-51(49-56)52(57)46-43-40-37-34-31-28-23-20-17-14-11-8-5-2/h9,12,18,21,26-27,29-30,32-33,50-52,56-57H,4-8,10-11,13-17,19-20,22-25,28,31,34-49H2,1-3H3,(H,55,58)/b12-9+,21-18+,27-26+,32-29+,33-30+. The van der Waals surface area contributed by atoms with Gasteiger partial charge in [-0.2, -0.15) is 0 Å². The smallest absolute Gasteiger partial charge is 0.306 e. The van der Waals surface area contributed by atoms with E-state index in [-0.39, 0.29) is 24.9 Å². The highest BCUT2D eigenvalue weighted by molar-refractivity contribution is 5.77. The summed E-state index contributed by atoms with van der Waals surface area (Å²) in [6.07, 6.45) is 58.5. The molecule has 60 heavy (non-hydrogen) atoms. The molecule has 3 N–H and O–H groups in total. The van der Waals surface area contributed by atoms with Crippen molar-refractivity contribution in [2.75, 3.05) is 6.61 Å². The number of unbranched alkanes of at least 4 members (excludes halogenated alkanes) is 24. The fourth-order valence-electron chi connectivity index (χ4n) is 7.49. The SMILES string of the molecule is CC/C=C/C/C=C/C/C=C/CCCCC(CC(=O)NC(CO)C(O)CCCCCCCCCCCCCCC)OC(=O)CCCCC/C=C/C=C/CCCCCCCCC. The highest BCUT2D eigenvalue weighted by Gasteiger charge is 2.24. The molecule has 0 aliphatic heterocycles. The van der Waals surface area contributed by atoms with Gasteiger partial charge in [0.1, 0.15) is 6.10 Å². The molecule has 3 atom stereocenters. The molecule has 6 nitrogen and oxygen atoms in total. The molecule has 0 fully saturated rings. The third-order valence-electron chi connectivity index (χ3n) is 11.4. The van der Waals surface area contributed by atoms with Gasteiger partial charge in [0.15, 0.2) is 0 Å². The van der Waals surface area contributed by atoms with Gasteiger partial charge in [-0.05, 0) is 83.5 Å². The van der Waals surface area contributed by atoms with Crippen LogP contribution < -0.4 is 5.32 Å². The predicted octanol–water partition coefficient (Wildman–Crippen LogP) is 15.2. The molecule has 0 saturated carbocycles. The first-order chi connectivity index (χ1) is 29.5. The van der Waals surface area contributed by atoms with Crippen molar-refractivity contribution in [2.24, 2.45) is 0 Å². The molecule has 0 heterocycles. The molecule has 0 aliphatic rings. The van der Waals surface area contributed by atoms with Crippen LogP contribution in [0.15, 0.2) is 60.8 Å². The van der Waals surface area contributed by atoms with Crippen LogP contribution >= 0.6 is 0 Å². The van der Waals surface area contributed by atoms with Crippen LogP contribution in [-0.2, 0) is 14.3 Å². The van der Waals surface area contributed by atoms with Gasteiger partial charge in [0.25, 0.3) is 0 Å². The highest BCUT2D eigenvalue weighted by atomic mass is 16.5. The first-order valence-electron chi connectivity index (χ1n) is 25.5. The molecule has 0 rings (SSSR count). The zero-order chi connectivity index (χ0) is 43.8. The molecule has 0 bridgehead atoms. The van der Waals surface area contributed by atoms with Crippen LogP contribution in [0.5, 0.6) is 0 Å². The van der Waals surface area contributed by atoms with Crippen molar-refractivity contribution in [3.63, 3.8) is 0 Å². The monoisotopic (exact) mass is 840 g/mol. The molecule has 0 radical (unpaired) electrons. The third kappa shape index (κ3) is 42.3. The van der Waals surface area contributed by atoms with E-state index in [1.165, 1.54) is 109 Å². The number of amides is 1. The summed E-state index contributed by atoms with van der Waals surface area (Å²) in [5.74, 6) is -0.543. The Balaban J connectivity index is 4.64. The Morgan fingerprint density at radius 1 is 0.517 bits per heavy atom. The van der Waals surface area contributed by atoms with Crippen LogP contribution in [0.1, 0.15) is 245 Å². The maximum Gasteiger partial charge on any atom is 0.306 e. The van der Waals surface area contributed by atoms with Gasteiger partial charge in [0, 0.05) is 6.42 Å². The fraction of sp³-hybridized carbons (Fsp3) is 0.778. The summed E-state index contributed by atoms with van der Waals surface area (Å²) in [4.78, 5) is 26.1. The largest absolute Gasteiger partial charge is 0.462 e. The second-order valence-corrected chi connectivity index (χ2v) is 17.2. The second-order valence-electron chi connectivity index (χ2n) is 17.2. The minimum absolute atomic E-state index is 0.0398. The number of allylic oxidation sites excluding steroid dienone is 10. The van der Waals surface area contributed by atoms with E-state index in [1.807, 2.05) is 0 Å². The Hall–Kier alpha value is -2.44. The highest BCUT2D eigenvalue weighted by Crippen LogP contribution is 2.17. The number of carbonyl (C=O) groups excluding carboxylic acids is 2. The summed E-state index contributed by atoms with van der Waals surface area (Å²) in [6.45, 7) is 6.34. The molecule has 0 saturated heterocycles. The summed E-state index contributed by atoms with van der Waals surface area (Å²) in [5, 5.41) is 23.7. The van der Waals surface area contributed by atoms with Crippen molar-refractivity contribution in [1.82, 2.24) is 5.32 Å². The van der Waals surface area contributed by atoms with Crippen molar-refractivity contribution in [3.05, 3.63) is 60.8 Å². The lowest BCUT2D eigenvalue weighted by molar-refractivity contribution is -0.151. The zero-order valence-corrected chi connectivity index (χ0v) is 39.6. The topological polar surface area (TPSA) is 95.9 Å². The Kier molecular flexibility index (Phi) is 45.7. The summed E-state index contributed by atoms with van der Waals surface area (Å²) in [6, 6.07) is -0.720. The third-order valence-corrected chi connectivity index (χ3v) is 11.4. The lowest BCUT2D eigenvalue weighted by atomic mass is 10.0. The molecule has 3 unspecified atom stereocenters. The number of aliphatic hydroxyl groups is 2. The van der Waals surface area contributed by atoms with Gasteiger partial charge in [-0.25, -0.2) is 0 Å². The lowest BCUT2D eigenvalue weighted by Gasteiger charge is -2.24. The zero-order valence-electron chi connectivity index (χ0n) is 39.6. The first-order valence-corrected chi connectivity index (χ1v) is 25.5. The summed E-state index contributed by atoms with van der Waals surface area (Å²) in [7, 11) is 0. The quantitative estimate of drug-likeness (QED) is 0.0246. The van der Waals surface area contributed by atoms with Crippen LogP contribution in [0.3, 0.4) is 0 Å². The average molecular weight is 840 g/mol. The molecule has 0 aliphatic carbocycles. The van der Waals surface area contributed by atoms with E-state index in [9.17, 15) is 19.8 Å². The van der Waals surface area contributed by atoms with E-state index in [1.54, 1.807) is 0 Å². The second kappa shape index (κ2) is 47.6. The number of aliphatic hydroxyl groups excluding tert-OH is 2. The molecule has 0 spiro atoms. The molecule has 348 valence electrons. The van der Waals surface area contributed by atoms with Gasteiger partial charge in [-0.1, -0.05) is 210 Å². The molecule has 6 heteroatoms. The van der Waals surface area contributed by atoms with E-state index in [2.05, 4.69) is 86.8 Å². The Morgan fingerprint density at radius 2 is 0.950 bits per heavy atom. The van der Waals surface area contributed by atoms with Crippen molar-refractivity contribution in [2.45, 2.75) is 264 Å². The number of hydrogen-bond donors (Lipinski definition) is 3. The van der Waals surface area contributed by atoms with Crippen LogP contribution in [-0.4, -0.2) is 46.9 Å². The lowest BCUT2D eigenvalue weighted by Crippen LogP contribution is -2.46. The number of hydrogen-bond acceptors (Lipinski definition) is 5. The normalized spacial score (nSPS) is 13.8. The number of rotatable bonds is 45. The summed E-state index contributed by atoms with van der Waals surface area (Å²) < 4.78 is 5.89. The molecule has 1 amide bonds. The van der Waals surface area contributed by atoms with Crippen molar-refractivity contribution < 1.29 is 24.5 Å². The van der Waals surface area contributed by atoms with E-state index in [0.29, 0.717) is 19.3 Å². The van der Waals surface area contributed by atoms with E-state index < -0.39 is 18.2 Å². The Bertz CT molecular complexity index is 1080. The number of esters is 1. The van der Waals surface area contributed by atoms with Crippen molar-refractivity contribution in [3.8, 4) is 0 Å². The van der Waals surface area contributed by atoms with E-state index in [0.717, 1.165) is 89.9 Å². The molecule has 0 aromatic carbocycles. The van der Waals surface area contributed by atoms with E-state index >= 15 is 0 Å². The summed E-state index contributed by atoms with van der Waals surface area (Å²) in [5.41, 5.74) is 0. The maximum atomic E-state index is 13.2. The predicted molar refractivity (Wildman–Crippen MR) is 259 cm³/mol. The Labute approximate surface area is 371 Å². The van der Waals surface area contributed by atoms with Crippen LogP contribution in [0.2, 0.25) is 0 Å². The minimum Gasteiger partial charge on any atom is -0.462 e. The fourth-order valence-corrected chi connectivity index (χ4v) is 7.49. The van der Waals surface area contributed by atoms with Crippen LogP contribution in [0.25, 0.3) is 0 Å². The molecular weight excluding hydrogens is 743 g/mol. The molecular formula is C54H97NO5. The van der Waals surface area contributed by atoms with Crippen LogP contribution in [0, 0.1) is 0 Å². The number of nitrogens with one attached hydrogen (secondary N) is 1. The van der Waals surface area contributed by atoms with Gasteiger partial charge in [0.05, 0.1) is 25.2 Å². The van der Waals surface area contributed by atoms with Gasteiger partial charge in [0.2, 0.25) is 5.91 Å². The van der Waals surface area contributed by atoms with Gasteiger partial charge < -0.3 is 20.3 Å². The van der Waals surface area contributed by atoms with Crippen molar-refractivity contribution in [1.29, 1.82) is 0 Å². The molecule has 0 aromatic rings. The van der Waals surface area contributed by atoms with Gasteiger partial charge >= 0.3 is 5.97 Å². The van der Waals surface area contributed by atoms with Gasteiger partial charge in [-0.3, -0.25) is 9.59 Å². The van der Waals surface area contributed by atoms with Crippen LogP contribution in [0.4, 0.5) is 0 Å². The summed E-state index contributed by atoms with van der Waals surface area (Å²) >= 11 is 0. The molecule has 0 aromatic heterocycles. The van der Waals surface area contributed by atoms with Gasteiger partial charge in [-0.15, -0.1) is 0 Å². The Morgan fingerprint density at radius 3 is 1.48 bits per heavy atom. The maximum absolute atomic E-state index is 13.2. The number of ether oxygens (including phenoxy) is 1. The van der Waals surface area contributed by atoms with E-state index in [4.69, 9.17) is 4.74 Å². The average Bonchev–Trinajstić information content (AvgIpc) is 3.24. The number of carbonyl (C=O) groups is 2.